The van der Waals surface area contributed by atoms with Crippen molar-refractivity contribution in [2.45, 2.75) is 25.7 Å². The van der Waals surface area contributed by atoms with Gasteiger partial charge in [-0.1, -0.05) is 48.0 Å². The smallest absolute Gasteiger partial charge is 0.306 e. The highest BCUT2D eigenvalue weighted by molar-refractivity contribution is 6.31. The summed E-state index contributed by atoms with van der Waals surface area (Å²) in [4.78, 5) is 0. The third-order valence-electron chi connectivity index (χ3n) is 3.24. The molecule has 2 rings (SSSR count). The minimum atomic E-state index is -4.32. The van der Waals surface area contributed by atoms with E-state index < -0.39 is 11.7 Å². The molecule has 1 nitrogen and oxygen atoms in total. The van der Waals surface area contributed by atoms with Crippen molar-refractivity contribution in [3.63, 3.8) is 0 Å². The Hall–Kier alpha value is -1.52. The molecule has 0 aliphatic carbocycles. The molecule has 0 aromatic heterocycles. The van der Waals surface area contributed by atoms with E-state index in [4.69, 9.17) is 11.6 Å². The summed E-state index contributed by atoms with van der Waals surface area (Å²) in [7, 11) is 0. The normalized spacial score (nSPS) is 13.2. The number of nitrogens with one attached hydrogen (secondary N) is 1. The number of halogens is 4. The van der Waals surface area contributed by atoms with Gasteiger partial charge in [0.1, 0.15) is 0 Å². The molecule has 0 heterocycles. The van der Waals surface area contributed by atoms with Gasteiger partial charge < -0.3 is 5.32 Å². The van der Waals surface area contributed by atoms with Crippen molar-refractivity contribution < 1.29 is 13.2 Å². The molecule has 0 amide bonds. The molecule has 0 bridgehead atoms. The largest absolute Gasteiger partial charge is 0.416 e. The Morgan fingerprint density at radius 3 is 2.48 bits per heavy atom. The lowest BCUT2D eigenvalue weighted by Gasteiger charge is -2.16. The molecular formula is C16H15ClF3N. The highest BCUT2D eigenvalue weighted by Gasteiger charge is 2.30. The Bertz CT molecular complexity index is 610. The summed E-state index contributed by atoms with van der Waals surface area (Å²) in [6.45, 7) is 2.27. The van der Waals surface area contributed by atoms with Crippen LogP contribution in [-0.2, 0) is 12.7 Å². The molecule has 2 aromatic rings. The van der Waals surface area contributed by atoms with Gasteiger partial charge in [-0.05, 0) is 30.2 Å². The Morgan fingerprint density at radius 1 is 1.10 bits per heavy atom. The molecular weight excluding hydrogens is 299 g/mol. The van der Waals surface area contributed by atoms with Gasteiger partial charge in [0.2, 0.25) is 0 Å². The zero-order valence-corrected chi connectivity index (χ0v) is 12.2. The van der Waals surface area contributed by atoms with Crippen LogP contribution in [0.3, 0.4) is 0 Å². The first-order valence-corrected chi connectivity index (χ1v) is 6.89. The Morgan fingerprint density at radius 2 is 1.81 bits per heavy atom. The summed E-state index contributed by atoms with van der Waals surface area (Å²) in [5, 5.41) is 3.82. The summed E-state index contributed by atoms with van der Waals surface area (Å²) >= 11 is 6.10. The molecule has 0 fully saturated rings. The first-order valence-electron chi connectivity index (χ1n) is 6.52. The minimum absolute atomic E-state index is 0.0479. The fourth-order valence-electron chi connectivity index (χ4n) is 2.06. The van der Waals surface area contributed by atoms with Crippen molar-refractivity contribution in [3.05, 3.63) is 70.2 Å². The van der Waals surface area contributed by atoms with E-state index in [1.165, 1.54) is 6.07 Å². The van der Waals surface area contributed by atoms with Crippen LogP contribution in [0.5, 0.6) is 0 Å². The van der Waals surface area contributed by atoms with Gasteiger partial charge >= 0.3 is 6.18 Å². The van der Waals surface area contributed by atoms with Gasteiger partial charge in [-0.25, -0.2) is 0 Å². The Kier molecular flexibility index (Phi) is 4.91. The van der Waals surface area contributed by atoms with E-state index in [-0.39, 0.29) is 6.04 Å². The van der Waals surface area contributed by atoms with Crippen LogP contribution in [-0.4, -0.2) is 0 Å². The van der Waals surface area contributed by atoms with Crippen LogP contribution in [0.25, 0.3) is 0 Å². The van der Waals surface area contributed by atoms with E-state index in [1.807, 2.05) is 25.1 Å². The van der Waals surface area contributed by atoms with Crippen molar-refractivity contribution in [3.8, 4) is 0 Å². The average molecular weight is 314 g/mol. The van der Waals surface area contributed by atoms with Crippen LogP contribution < -0.4 is 5.32 Å². The number of hydrogen-bond donors (Lipinski definition) is 1. The van der Waals surface area contributed by atoms with Crippen molar-refractivity contribution in [2.75, 3.05) is 0 Å². The van der Waals surface area contributed by atoms with Gasteiger partial charge in [-0.3, -0.25) is 0 Å². The van der Waals surface area contributed by atoms with E-state index in [2.05, 4.69) is 5.32 Å². The van der Waals surface area contributed by atoms with Crippen molar-refractivity contribution in [2.24, 2.45) is 0 Å². The third kappa shape index (κ3) is 4.22. The first-order chi connectivity index (χ1) is 9.88. The van der Waals surface area contributed by atoms with Gasteiger partial charge in [-0.15, -0.1) is 0 Å². The number of rotatable bonds is 4. The predicted octanol–water partition coefficient (Wildman–Crippen LogP) is 5.21. The average Bonchev–Trinajstić information content (AvgIpc) is 2.45. The molecule has 0 radical (unpaired) electrons. The van der Waals surface area contributed by atoms with Gasteiger partial charge in [0.05, 0.1) is 5.56 Å². The summed E-state index contributed by atoms with van der Waals surface area (Å²) in [5.41, 5.74) is 0.877. The number of hydrogen-bond acceptors (Lipinski definition) is 1. The van der Waals surface area contributed by atoms with Crippen LogP contribution in [0.1, 0.15) is 29.7 Å². The quantitative estimate of drug-likeness (QED) is 0.817. The molecule has 2 aromatic carbocycles. The lowest BCUT2D eigenvalue weighted by molar-refractivity contribution is -0.137. The molecule has 0 saturated heterocycles. The van der Waals surface area contributed by atoms with E-state index in [9.17, 15) is 13.2 Å². The molecule has 1 N–H and O–H groups in total. The maximum absolute atomic E-state index is 12.6. The van der Waals surface area contributed by atoms with E-state index in [1.54, 1.807) is 12.1 Å². The summed E-state index contributed by atoms with van der Waals surface area (Å²) in [5.74, 6) is 0. The highest BCUT2D eigenvalue weighted by Crippen LogP contribution is 2.29. The van der Waals surface area contributed by atoms with Gasteiger partial charge in [0, 0.05) is 17.6 Å². The monoisotopic (exact) mass is 313 g/mol. The maximum Gasteiger partial charge on any atom is 0.416 e. The van der Waals surface area contributed by atoms with Crippen LogP contribution in [0.2, 0.25) is 5.02 Å². The second-order valence-corrected chi connectivity index (χ2v) is 5.23. The number of alkyl halides is 3. The molecule has 0 spiro atoms. The standard InChI is InChI=1S/C16H15ClF3N/c1-11(14-7-2-3-8-15(14)17)21-10-12-5-4-6-13(9-12)16(18,19)20/h2-9,11,21H,10H2,1H3/t11-/m0/s1. The van der Waals surface area contributed by atoms with Gasteiger partial charge in [-0.2, -0.15) is 13.2 Å². The van der Waals surface area contributed by atoms with Crippen molar-refractivity contribution in [1.82, 2.24) is 5.32 Å². The van der Waals surface area contributed by atoms with Crippen molar-refractivity contribution >= 4 is 11.6 Å². The molecule has 1 atom stereocenters. The zero-order chi connectivity index (χ0) is 15.5. The Labute approximate surface area is 126 Å². The molecule has 112 valence electrons. The molecule has 0 unspecified atom stereocenters. The van der Waals surface area contributed by atoms with Crippen LogP contribution in [0, 0.1) is 0 Å². The van der Waals surface area contributed by atoms with E-state index >= 15 is 0 Å². The summed E-state index contributed by atoms with van der Waals surface area (Å²) in [6.07, 6.45) is -4.32. The fraction of sp³-hybridized carbons (Fsp3) is 0.250. The predicted molar refractivity (Wildman–Crippen MR) is 78.2 cm³/mol. The van der Waals surface area contributed by atoms with Gasteiger partial charge in [0.25, 0.3) is 0 Å². The van der Waals surface area contributed by atoms with E-state index in [0.717, 1.165) is 17.7 Å². The highest BCUT2D eigenvalue weighted by atomic mass is 35.5. The molecule has 21 heavy (non-hydrogen) atoms. The molecule has 0 aliphatic heterocycles. The summed E-state index contributed by atoms with van der Waals surface area (Å²) in [6, 6.07) is 12.7. The number of benzene rings is 2. The SMILES string of the molecule is C[C@H](NCc1cccc(C(F)(F)F)c1)c1ccccc1Cl. The van der Waals surface area contributed by atoms with Gasteiger partial charge in [0.15, 0.2) is 0 Å². The third-order valence-corrected chi connectivity index (χ3v) is 3.58. The maximum atomic E-state index is 12.6. The fourth-order valence-corrected chi connectivity index (χ4v) is 2.36. The molecule has 0 aliphatic rings. The zero-order valence-electron chi connectivity index (χ0n) is 11.4. The van der Waals surface area contributed by atoms with Crippen LogP contribution in [0.4, 0.5) is 13.2 Å². The van der Waals surface area contributed by atoms with Crippen LogP contribution in [0.15, 0.2) is 48.5 Å². The molecule has 5 heteroatoms. The first kappa shape index (κ1) is 15.9. The lowest BCUT2D eigenvalue weighted by Crippen LogP contribution is -2.18. The lowest BCUT2D eigenvalue weighted by atomic mass is 10.1. The Balaban J connectivity index is 2.05. The second-order valence-electron chi connectivity index (χ2n) is 4.82. The van der Waals surface area contributed by atoms with E-state index in [0.29, 0.717) is 17.1 Å². The summed E-state index contributed by atoms with van der Waals surface area (Å²) < 4.78 is 37.9. The van der Waals surface area contributed by atoms with Crippen LogP contribution >= 0.6 is 11.6 Å². The molecule has 0 saturated carbocycles. The minimum Gasteiger partial charge on any atom is -0.306 e. The second kappa shape index (κ2) is 6.50. The topological polar surface area (TPSA) is 12.0 Å². The van der Waals surface area contributed by atoms with Crippen molar-refractivity contribution in [1.29, 1.82) is 0 Å².